The molecule has 0 unspecified atom stereocenters. The van der Waals surface area contributed by atoms with Gasteiger partial charge < -0.3 is 5.32 Å². The predicted molar refractivity (Wildman–Crippen MR) is 79.1 cm³/mol. The molecule has 1 aromatic heterocycles. The first-order chi connectivity index (χ1) is 9.24. The van der Waals surface area contributed by atoms with Crippen LogP contribution in [0.3, 0.4) is 0 Å². The molecule has 2 amide bonds. The van der Waals surface area contributed by atoms with Gasteiger partial charge in [0, 0.05) is 6.54 Å². The summed E-state index contributed by atoms with van der Waals surface area (Å²) in [6.07, 6.45) is 1.84. The van der Waals surface area contributed by atoms with Crippen molar-refractivity contribution in [1.82, 2.24) is 15.5 Å². The Balaban J connectivity index is 1.65. The van der Waals surface area contributed by atoms with E-state index in [4.69, 9.17) is 12.2 Å². The number of H-pyrrole nitrogens is 1. The molecule has 2 aromatic rings. The molecule has 0 aliphatic rings. The number of nitrogens with one attached hydrogen (secondary N) is 3. The van der Waals surface area contributed by atoms with Crippen LogP contribution in [-0.4, -0.2) is 22.8 Å². The molecule has 0 radical (unpaired) electrons. The monoisotopic (exact) mass is 294 g/mol. The summed E-state index contributed by atoms with van der Waals surface area (Å²) in [5.41, 5.74) is 1.27. The van der Waals surface area contributed by atoms with Gasteiger partial charge in [-0.3, -0.25) is 10.4 Å². The number of aromatic amines is 1. The van der Waals surface area contributed by atoms with Gasteiger partial charge in [0.05, 0.1) is 0 Å². The molecule has 2 rings (SSSR count). The van der Waals surface area contributed by atoms with Crippen molar-refractivity contribution < 1.29 is 4.79 Å². The second-order valence-electron chi connectivity index (χ2n) is 3.89. The van der Waals surface area contributed by atoms with E-state index < -0.39 is 0 Å². The molecule has 19 heavy (non-hydrogen) atoms. The lowest BCUT2D eigenvalue weighted by Crippen LogP contribution is -2.29. The third-order valence-corrected chi connectivity index (χ3v) is 3.43. The Kier molecular flexibility index (Phi) is 5.05. The minimum absolute atomic E-state index is 0.259. The van der Waals surface area contributed by atoms with Gasteiger partial charge in [0.1, 0.15) is 0 Å². The van der Waals surface area contributed by atoms with Crippen LogP contribution < -0.4 is 10.6 Å². The average molecular weight is 294 g/mol. The summed E-state index contributed by atoms with van der Waals surface area (Å²) in [6, 6.07) is 9.92. The second kappa shape index (κ2) is 7.01. The van der Waals surface area contributed by atoms with E-state index in [1.165, 1.54) is 16.9 Å². The molecule has 0 atom stereocenters. The minimum Gasteiger partial charge on any atom is -0.338 e. The third kappa shape index (κ3) is 4.80. The summed E-state index contributed by atoms with van der Waals surface area (Å²) in [7, 11) is 0. The number of amides is 2. The summed E-state index contributed by atoms with van der Waals surface area (Å²) in [4.78, 5) is 11.5. The van der Waals surface area contributed by atoms with Gasteiger partial charge in [0.2, 0.25) is 5.13 Å². The topological polar surface area (TPSA) is 69.8 Å². The zero-order chi connectivity index (χ0) is 13.5. The van der Waals surface area contributed by atoms with Crippen LogP contribution in [0.2, 0.25) is 0 Å². The van der Waals surface area contributed by atoms with Crippen LogP contribution in [0, 0.1) is 3.95 Å². The molecule has 0 aliphatic heterocycles. The molecular formula is C12H14N4OS2. The highest BCUT2D eigenvalue weighted by molar-refractivity contribution is 7.73. The number of urea groups is 1. The number of hydrogen-bond acceptors (Lipinski definition) is 4. The highest BCUT2D eigenvalue weighted by Crippen LogP contribution is 2.10. The van der Waals surface area contributed by atoms with Crippen LogP contribution in [0.15, 0.2) is 30.3 Å². The van der Waals surface area contributed by atoms with Crippen LogP contribution in [0.5, 0.6) is 0 Å². The van der Waals surface area contributed by atoms with Gasteiger partial charge in [0.15, 0.2) is 3.95 Å². The zero-order valence-electron chi connectivity index (χ0n) is 10.2. The maximum absolute atomic E-state index is 11.5. The van der Waals surface area contributed by atoms with E-state index in [2.05, 4.69) is 33.0 Å². The molecule has 0 spiro atoms. The van der Waals surface area contributed by atoms with E-state index in [1.54, 1.807) is 0 Å². The number of hydrogen-bond donors (Lipinski definition) is 3. The van der Waals surface area contributed by atoms with Crippen LogP contribution in [-0.2, 0) is 6.42 Å². The number of anilines is 1. The number of carbonyl (C=O) groups is 1. The fourth-order valence-electron chi connectivity index (χ4n) is 1.56. The lowest BCUT2D eigenvalue weighted by atomic mass is 10.1. The van der Waals surface area contributed by atoms with Crippen molar-refractivity contribution in [2.24, 2.45) is 0 Å². The molecule has 5 nitrogen and oxygen atoms in total. The van der Waals surface area contributed by atoms with Crippen LogP contribution >= 0.6 is 23.6 Å². The van der Waals surface area contributed by atoms with Crippen molar-refractivity contribution >= 4 is 34.7 Å². The molecule has 0 bridgehead atoms. The maximum Gasteiger partial charge on any atom is 0.321 e. The normalized spacial score (nSPS) is 10.1. The van der Waals surface area contributed by atoms with Crippen molar-refractivity contribution in [3.8, 4) is 0 Å². The van der Waals surface area contributed by atoms with E-state index >= 15 is 0 Å². The van der Waals surface area contributed by atoms with Crippen LogP contribution in [0.1, 0.15) is 12.0 Å². The van der Waals surface area contributed by atoms with E-state index in [0.717, 1.165) is 12.8 Å². The minimum atomic E-state index is -0.259. The van der Waals surface area contributed by atoms with E-state index in [9.17, 15) is 4.79 Å². The molecule has 1 aromatic carbocycles. The zero-order valence-corrected chi connectivity index (χ0v) is 11.8. The first kappa shape index (κ1) is 13.7. The molecule has 3 N–H and O–H groups in total. The van der Waals surface area contributed by atoms with Crippen LogP contribution in [0.4, 0.5) is 9.93 Å². The van der Waals surface area contributed by atoms with Crippen LogP contribution in [0.25, 0.3) is 0 Å². The molecule has 0 fully saturated rings. The molecule has 7 heteroatoms. The molecule has 100 valence electrons. The highest BCUT2D eigenvalue weighted by atomic mass is 32.1. The largest absolute Gasteiger partial charge is 0.338 e. The Morgan fingerprint density at radius 3 is 2.84 bits per heavy atom. The molecule has 1 heterocycles. The summed E-state index contributed by atoms with van der Waals surface area (Å²) >= 11 is 6.10. The quantitative estimate of drug-likeness (QED) is 0.586. The van der Waals surface area contributed by atoms with Gasteiger partial charge >= 0.3 is 6.03 Å². The van der Waals surface area contributed by atoms with Gasteiger partial charge in [-0.25, -0.2) is 4.79 Å². The third-order valence-electron chi connectivity index (χ3n) is 2.43. The SMILES string of the molecule is O=C(NCCCc1ccccc1)Nc1n[nH]c(=S)s1. The fraction of sp³-hybridized carbons (Fsp3) is 0.250. The molecule has 0 saturated heterocycles. The van der Waals surface area contributed by atoms with Crippen molar-refractivity contribution in [2.75, 3.05) is 11.9 Å². The van der Waals surface area contributed by atoms with Gasteiger partial charge in [-0.1, -0.05) is 41.7 Å². The molecule has 0 aliphatic carbocycles. The lowest BCUT2D eigenvalue weighted by Gasteiger charge is -2.05. The number of aryl methyl sites for hydroxylation is 1. The van der Waals surface area contributed by atoms with Gasteiger partial charge in [-0.05, 0) is 30.6 Å². The summed E-state index contributed by atoms with van der Waals surface area (Å²) in [5, 5.41) is 12.3. The summed E-state index contributed by atoms with van der Waals surface area (Å²) in [5.74, 6) is 0. The Hall–Kier alpha value is -1.73. The average Bonchev–Trinajstić information content (AvgIpc) is 2.81. The Morgan fingerprint density at radius 2 is 2.16 bits per heavy atom. The van der Waals surface area contributed by atoms with E-state index in [0.29, 0.717) is 15.6 Å². The number of carbonyl (C=O) groups excluding carboxylic acids is 1. The fourth-order valence-corrected chi connectivity index (χ4v) is 2.35. The Labute approximate surface area is 120 Å². The van der Waals surface area contributed by atoms with Gasteiger partial charge in [0.25, 0.3) is 0 Å². The standard InChI is InChI=1S/C12H14N4OS2/c17-10(14-11-15-16-12(18)19-11)13-8-4-7-9-5-2-1-3-6-9/h1-3,5-6H,4,7-8H2,(H,16,18)(H2,13,14,15,17). The first-order valence-electron chi connectivity index (χ1n) is 5.88. The molecular weight excluding hydrogens is 280 g/mol. The van der Waals surface area contributed by atoms with Crippen molar-refractivity contribution in [3.63, 3.8) is 0 Å². The van der Waals surface area contributed by atoms with Gasteiger partial charge in [-0.15, -0.1) is 5.10 Å². The van der Waals surface area contributed by atoms with Crippen molar-refractivity contribution in [1.29, 1.82) is 0 Å². The van der Waals surface area contributed by atoms with E-state index in [-0.39, 0.29) is 6.03 Å². The highest BCUT2D eigenvalue weighted by Gasteiger charge is 2.03. The Bertz CT molecular complexity index is 579. The van der Waals surface area contributed by atoms with Crippen molar-refractivity contribution in [3.05, 3.63) is 39.8 Å². The number of nitrogens with zero attached hydrogens (tertiary/aromatic N) is 1. The number of rotatable bonds is 5. The number of benzene rings is 1. The lowest BCUT2D eigenvalue weighted by molar-refractivity contribution is 0.252. The summed E-state index contributed by atoms with van der Waals surface area (Å²) in [6.45, 7) is 0.622. The van der Waals surface area contributed by atoms with Crippen molar-refractivity contribution in [2.45, 2.75) is 12.8 Å². The van der Waals surface area contributed by atoms with E-state index in [1.807, 2.05) is 18.2 Å². The smallest absolute Gasteiger partial charge is 0.321 e. The second-order valence-corrected chi connectivity index (χ2v) is 5.55. The summed E-state index contributed by atoms with van der Waals surface area (Å²) < 4.78 is 0.541. The van der Waals surface area contributed by atoms with Gasteiger partial charge in [-0.2, -0.15) is 0 Å². The number of aromatic nitrogens is 2. The molecule has 0 saturated carbocycles. The predicted octanol–water partition coefficient (Wildman–Crippen LogP) is 2.95. The maximum atomic E-state index is 11.5. The first-order valence-corrected chi connectivity index (χ1v) is 7.11. The Morgan fingerprint density at radius 1 is 1.37 bits per heavy atom.